The number of carbonyl (C=O) groups excluding carboxylic acids is 1. The number of hydrogen-bond acceptors (Lipinski definition) is 1. The molecule has 0 bridgehead atoms. The van der Waals surface area contributed by atoms with E-state index in [9.17, 15) is 4.79 Å². The van der Waals surface area contributed by atoms with E-state index in [2.05, 4.69) is 53.7 Å². The van der Waals surface area contributed by atoms with Crippen LogP contribution < -0.4 is 0 Å². The van der Waals surface area contributed by atoms with Gasteiger partial charge in [0.15, 0.2) is 0 Å². The zero-order chi connectivity index (χ0) is 13.3. The fourth-order valence-electron chi connectivity index (χ4n) is 2.41. The molecule has 0 radical (unpaired) electrons. The Morgan fingerprint density at radius 1 is 1.35 bits per heavy atom. The van der Waals surface area contributed by atoms with Crippen molar-refractivity contribution in [3.05, 3.63) is 23.3 Å². The van der Waals surface area contributed by atoms with Crippen molar-refractivity contribution in [2.75, 3.05) is 0 Å². The molecule has 1 aliphatic rings. The lowest BCUT2D eigenvalue weighted by Crippen LogP contribution is -2.25. The minimum Gasteiger partial charge on any atom is -0.299 e. The molecule has 1 nitrogen and oxygen atoms in total. The van der Waals surface area contributed by atoms with Crippen LogP contribution in [0.1, 0.15) is 60.8 Å². The minimum absolute atomic E-state index is 0.000260. The third-order valence-corrected chi connectivity index (χ3v) is 3.90. The summed E-state index contributed by atoms with van der Waals surface area (Å²) < 4.78 is 0. The summed E-state index contributed by atoms with van der Waals surface area (Å²) in [6, 6.07) is 0. The summed E-state index contributed by atoms with van der Waals surface area (Å²) in [5.74, 6) is 0.374. The number of hydrogen-bond donors (Lipinski definition) is 0. The first-order valence-electron chi connectivity index (χ1n) is 6.59. The van der Waals surface area contributed by atoms with Gasteiger partial charge in [-0.05, 0) is 29.7 Å². The minimum atomic E-state index is -0.000260. The zero-order valence-electron chi connectivity index (χ0n) is 12.2. The topological polar surface area (TPSA) is 17.1 Å². The van der Waals surface area contributed by atoms with E-state index in [0.29, 0.717) is 18.6 Å². The van der Waals surface area contributed by atoms with E-state index in [0.717, 1.165) is 6.42 Å². The molecule has 0 aromatic rings. The van der Waals surface area contributed by atoms with Gasteiger partial charge in [-0.15, -0.1) is 0 Å². The van der Waals surface area contributed by atoms with Crippen LogP contribution in [0, 0.1) is 10.8 Å². The van der Waals surface area contributed by atoms with Gasteiger partial charge in [0.05, 0.1) is 0 Å². The van der Waals surface area contributed by atoms with Gasteiger partial charge in [-0.3, -0.25) is 4.79 Å². The number of carbonyl (C=O) groups is 1. The van der Waals surface area contributed by atoms with Crippen LogP contribution in [0.25, 0.3) is 0 Å². The van der Waals surface area contributed by atoms with Crippen molar-refractivity contribution < 1.29 is 4.79 Å². The average Bonchev–Trinajstić information content (AvgIpc) is 2.14. The summed E-state index contributed by atoms with van der Waals surface area (Å²) in [7, 11) is 0. The van der Waals surface area contributed by atoms with Gasteiger partial charge < -0.3 is 0 Å². The van der Waals surface area contributed by atoms with Crippen molar-refractivity contribution in [1.29, 1.82) is 0 Å². The summed E-state index contributed by atoms with van der Waals surface area (Å²) in [5.41, 5.74) is 2.85. The highest BCUT2D eigenvalue weighted by Crippen LogP contribution is 2.40. The standard InChI is InChI=1S/C16H26O/c1-7-15(3,4)9-8-14-12(2)10-13(17)11-16(14,5)6/h8-9H,7,10-11H2,1-6H3/b9-8+. The van der Waals surface area contributed by atoms with E-state index < -0.39 is 0 Å². The Balaban J connectivity index is 3.03. The molecule has 0 aliphatic heterocycles. The van der Waals surface area contributed by atoms with E-state index in [-0.39, 0.29) is 10.8 Å². The molecule has 0 fully saturated rings. The van der Waals surface area contributed by atoms with Gasteiger partial charge in [-0.2, -0.15) is 0 Å². The molecular formula is C16H26O. The third-order valence-electron chi connectivity index (χ3n) is 3.90. The molecule has 0 N–H and O–H groups in total. The van der Waals surface area contributed by atoms with E-state index in [1.165, 1.54) is 11.1 Å². The van der Waals surface area contributed by atoms with Gasteiger partial charge in [-0.25, -0.2) is 0 Å². The number of Topliss-reactive ketones (excluding diaryl/α,β-unsaturated/α-hetero) is 1. The fraction of sp³-hybridized carbons (Fsp3) is 0.688. The lowest BCUT2D eigenvalue weighted by Gasteiger charge is -2.32. The van der Waals surface area contributed by atoms with Crippen molar-refractivity contribution in [2.24, 2.45) is 10.8 Å². The lowest BCUT2D eigenvalue weighted by molar-refractivity contribution is -0.120. The molecule has 0 saturated heterocycles. The molecule has 1 heteroatoms. The smallest absolute Gasteiger partial charge is 0.137 e. The van der Waals surface area contributed by atoms with Gasteiger partial charge in [0.25, 0.3) is 0 Å². The van der Waals surface area contributed by atoms with Crippen LogP contribution in [-0.2, 0) is 4.79 Å². The molecule has 0 aromatic heterocycles. The van der Waals surface area contributed by atoms with Gasteiger partial charge in [0, 0.05) is 12.8 Å². The Morgan fingerprint density at radius 2 is 1.94 bits per heavy atom. The third kappa shape index (κ3) is 3.55. The van der Waals surface area contributed by atoms with Crippen molar-refractivity contribution in [3.63, 3.8) is 0 Å². The molecule has 0 saturated carbocycles. The largest absolute Gasteiger partial charge is 0.299 e. The maximum atomic E-state index is 11.6. The molecule has 0 aromatic carbocycles. The highest BCUT2D eigenvalue weighted by molar-refractivity contribution is 5.84. The molecule has 1 rings (SSSR count). The Kier molecular flexibility index (Phi) is 4.01. The Hall–Kier alpha value is -0.850. The summed E-state index contributed by atoms with van der Waals surface area (Å²) >= 11 is 0. The van der Waals surface area contributed by atoms with E-state index in [1.807, 2.05) is 0 Å². The van der Waals surface area contributed by atoms with Crippen LogP contribution in [0.15, 0.2) is 23.3 Å². The van der Waals surface area contributed by atoms with E-state index in [4.69, 9.17) is 0 Å². The summed E-state index contributed by atoms with van der Waals surface area (Å²) in [6.07, 6.45) is 7.00. The maximum absolute atomic E-state index is 11.6. The molecule has 0 atom stereocenters. The number of allylic oxidation sites excluding steroid dienone is 4. The maximum Gasteiger partial charge on any atom is 0.137 e. The monoisotopic (exact) mass is 234 g/mol. The number of ketones is 1. The lowest BCUT2D eigenvalue weighted by atomic mass is 9.71. The highest BCUT2D eigenvalue weighted by atomic mass is 16.1. The number of rotatable bonds is 3. The quantitative estimate of drug-likeness (QED) is 0.692. The molecule has 0 unspecified atom stereocenters. The second kappa shape index (κ2) is 4.80. The predicted octanol–water partition coefficient (Wildman–Crippen LogP) is 4.68. The molecule has 0 amide bonds. The van der Waals surface area contributed by atoms with Gasteiger partial charge in [-0.1, -0.05) is 52.3 Å². The van der Waals surface area contributed by atoms with Gasteiger partial charge >= 0.3 is 0 Å². The molecular weight excluding hydrogens is 208 g/mol. The van der Waals surface area contributed by atoms with Crippen molar-refractivity contribution >= 4 is 5.78 Å². The highest BCUT2D eigenvalue weighted by Gasteiger charge is 2.31. The molecule has 96 valence electrons. The SMILES string of the molecule is CCC(C)(C)/C=C/C1=C(C)CC(=O)CC1(C)C. The second-order valence-corrected chi connectivity index (χ2v) is 6.65. The first-order chi connectivity index (χ1) is 7.68. The van der Waals surface area contributed by atoms with Crippen LogP contribution in [0.2, 0.25) is 0 Å². The first kappa shape index (κ1) is 14.2. The molecule has 0 spiro atoms. The zero-order valence-corrected chi connectivity index (χ0v) is 12.2. The Morgan fingerprint density at radius 3 is 2.41 bits per heavy atom. The molecule has 0 heterocycles. The van der Waals surface area contributed by atoms with Crippen LogP contribution in [0.3, 0.4) is 0 Å². The van der Waals surface area contributed by atoms with Crippen LogP contribution in [0.4, 0.5) is 0 Å². The van der Waals surface area contributed by atoms with Crippen LogP contribution >= 0.6 is 0 Å². The van der Waals surface area contributed by atoms with Crippen molar-refractivity contribution in [1.82, 2.24) is 0 Å². The Bertz CT molecular complexity index is 367. The van der Waals surface area contributed by atoms with E-state index >= 15 is 0 Å². The first-order valence-corrected chi connectivity index (χ1v) is 6.59. The van der Waals surface area contributed by atoms with Crippen molar-refractivity contribution in [3.8, 4) is 0 Å². The van der Waals surface area contributed by atoms with Crippen molar-refractivity contribution in [2.45, 2.75) is 60.8 Å². The summed E-state index contributed by atoms with van der Waals surface area (Å²) in [4.78, 5) is 11.6. The van der Waals surface area contributed by atoms with Gasteiger partial charge in [0.2, 0.25) is 0 Å². The van der Waals surface area contributed by atoms with Gasteiger partial charge in [0.1, 0.15) is 5.78 Å². The normalized spacial score (nSPS) is 21.4. The van der Waals surface area contributed by atoms with Crippen LogP contribution in [-0.4, -0.2) is 5.78 Å². The molecule has 17 heavy (non-hydrogen) atoms. The fourth-order valence-corrected chi connectivity index (χ4v) is 2.41. The Labute approximate surface area is 106 Å². The molecule has 1 aliphatic carbocycles. The average molecular weight is 234 g/mol. The predicted molar refractivity (Wildman–Crippen MR) is 73.9 cm³/mol. The summed E-state index contributed by atoms with van der Waals surface area (Å²) in [6.45, 7) is 13.2. The van der Waals surface area contributed by atoms with E-state index in [1.54, 1.807) is 0 Å². The summed E-state index contributed by atoms with van der Waals surface area (Å²) in [5, 5.41) is 0. The second-order valence-electron chi connectivity index (χ2n) is 6.65. The van der Waals surface area contributed by atoms with Crippen LogP contribution in [0.5, 0.6) is 0 Å².